The fraction of sp³-hybridized carbons (Fsp3) is 0.280. The Morgan fingerprint density at radius 1 is 1.03 bits per heavy atom. The summed E-state index contributed by atoms with van der Waals surface area (Å²) in [6, 6.07) is 13.6. The normalized spacial score (nSPS) is 26.6. The van der Waals surface area contributed by atoms with E-state index < -0.39 is 17.5 Å². The fourth-order valence-electron chi connectivity index (χ4n) is 5.14. The minimum atomic E-state index is -0.914. The number of nitrogens with one attached hydrogen (secondary N) is 1. The number of ketones is 2. The molecule has 30 heavy (non-hydrogen) atoms. The minimum absolute atomic E-state index is 0.0646. The molecule has 0 amide bonds. The molecule has 2 aromatic rings. The average Bonchev–Trinajstić information content (AvgIpc) is 3.09. The first kappa shape index (κ1) is 18.8. The lowest BCUT2D eigenvalue weighted by atomic mass is 9.64. The zero-order chi connectivity index (χ0) is 20.9. The van der Waals surface area contributed by atoms with E-state index in [0.29, 0.717) is 6.54 Å². The Kier molecular flexibility index (Phi) is 4.35. The predicted molar refractivity (Wildman–Crippen MR) is 114 cm³/mol. The first-order valence-electron chi connectivity index (χ1n) is 10.4. The van der Waals surface area contributed by atoms with Crippen molar-refractivity contribution in [1.82, 2.24) is 4.90 Å². The minimum Gasteiger partial charge on any atom is -0.370 e. The number of rotatable bonds is 4. The van der Waals surface area contributed by atoms with Crippen molar-refractivity contribution in [2.24, 2.45) is 5.92 Å². The number of benzene rings is 2. The summed E-state index contributed by atoms with van der Waals surface area (Å²) in [4.78, 5) is 28.4. The maximum absolute atomic E-state index is 13.8. The standard InChI is InChI=1S/C25H23FN2O2/c1-2-3-14-28-15-19-18-6-4-5-7-20(18)27-25(19,16-8-10-17(26)11-9-16)23-21(29)12-13-22(30)24(23)28/h4-13,15,23-24,27H,2-3,14H2,1H3/t23-,24+,25?/m1/s1. The Balaban J connectivity index is 1.78. The van der Waals surface area contributed by atoms with Gasteiger partial charge in [0, 0.05) is 29.6 Å². The highest BCUT2D eigenvalue weighted by Crippen LogP contribution is 2.56. The lowest BCUT2D eigenvalue weighted by Gasteiger charge is -2.50. The molecule has 1 aliphatic carbocycles. The van der Waals surface area contributed by atoms with Crippen LogP contribution in [0.15, 0.2) is 66.9 Å². The maximum atomic E-state index is 13.8. The number of carbonyl (C=O) groups excluding carboxylic acids is 2. The molecule has 5 rings (SSSR count). The van der Waals surface area contributed by atoms with Crippen molar-refractivity contribution in [3.05, 3.63) is 83.8 Å². The van der Waals surface area contributed by atoms with Crippen LogP contribution in [0.5, 0.6) is 0 Å². The summed E-state index contributed by atoms with van der Waals surface area (Å²) in [5.74, 6) is -1.12. The summed E-state index contributed by atoms with van der Waals surface area (Å²) in [7, 11) is 0. The van der Waals surface area contributed by atoms with Crippen LogP contribution in [-0.4, -0.2) is 29.1 Å². The number of nitrogens with zero attached hydrogens (tertiary/aromatic N) is 1. The van der Waals surface area contributed by atoms with Gasteiger partial charge in [0.1, 0.15) is 17.4 Å². The molecule has 0 radical (unpaired) electrons. The number of para-hydroxylation sites is 1. The first-order valence-corrected chi connectivity index (χ1v) is 10.4. The molecule has 152 valence electrons. The van der Waals surface area contributed by atoms with Crippen molar-refractivity contribution in [3.8, 4) is 0 Å². The van der Waals surface area contributed by atoms with Crippen molar-refractivity contribution in [2.75, 3.05) is 11.9 Å². The molecule has 1 unspecified atom stereocenters. The summed E-state index contributed by atoms with van der Waals surface area (Å²) in [5, 5.41) is 3.59. The highest BCUT2D eigenvalue weighted by atomic mass is 19.1. The van der Waals surface area contributed by atoms with Crippen LogP contribution >= 0.6 is 0 Å². The van der Waals surface area contributed by atoms with E-state index in [0.717, 1.165) is 35.2 Å². The van der Waals surface area contributed by atoms with Gasteiger partial charge in [0.15, 0.2) is 11.6 Å². The summed E-state index contributed by atoms with van der Waals surface area (Å²) < 4.78 is 13.8. The average molecular weight is 402 g/mol. The Labute approximate surface area is 175 Å². The first-order chi connectivity index (χ1) is 14.6. The van der Waals surface area contributed by atoms with Crippen LogP contribution in [0.2, 0.25) is 0 Å². The van der Waals surface area contributed by atoms with Crippen LogP contribution in [0.4, 0.5) is 10.1 Å². The summed E-state index contributed by atoms with van der Waals surface area (Å²) in [6.07, 6.45) is 6.77. The van der Waals surface area contributed by atoms with Gasteiger partial charge in [-0.05, 0) is 42.3 Å². The fourth-order valence-corrected chi connectivity index (χ4v) is 5.14. The second kappa shape index (κ2) is 6.94. The number of fused-ring (bicyclic) bond motifs is 5. The third kappa shape index (κ3) is 2.58. The zero-order valence-corrected chi connectivity index (χ0v) is 16.8. The van der Waals surface area contributed by atoms with E-state index in [4.69, 9.17) is 0 Å². The molecule has 0 saturated heterocycles. The second-order valence-corrected chi connectivity index (χ2v) is 8.18. The van der Waals surface area contributed by atoms with E-state index in [1.54, 1.807) is 12.1 Å². The molecular formula is C25H23FN2O2. The largest absolute Gasteiger partial charge is 0.370 e. The number of anilines is 1. The molecule has 0 spiro atoms. The van der Waals surface area contributed by atoms with Gasteiger partial charge in [0.2, 0.25) is 0 Å². The lowest BCUT2D eigenvalue weighted by molar-refractivity contribution is -0.131. The van der Waals surface area contributed by atoms with Crippen LogP contribution in [0.1, 0.15) is 30.9 Å². The third-order valence-electron chi connectivity index (χ3n) is 6.49. The third-order valence-corrected chi connectivity index (χ3v) is 6.49. The molecule has 0 bridgehead atoms. The molecule has 0 saturated carbocycles. The van der Waals surface area contributed by atoms with E-state index in [1.165, 1.54) is 24.3 Å². The zero-order valence-electron chi connectivity index (χ0n) is 16.8. The topological polar surface area (TPSA) is 49.4 Å². The molecule has 1 N–H and O–H groups in total. The van der Waals surface area contributed by atoms with Crippen molar-refractivity contribution in [2.45, 2.75) is 31.3 Å². The number of unbranched alkanes of at least 4 members (excludes halogenated alkanes) is 1. The van der Waals surface area contributed by atoms with Gasteiger partial charge in [-0.3, -0.25) is 9.59 Å². The predicted octanol–water partition coefficient (Wildman–Crippen LogP) is 4.30. The van der Waals surface area contributed by atoms with Gasteiger partial charge in [-0.15, -0.1) is 0 Å². The van der Waals surface area contributed by atoms with Crippen LogP contribution in [0.3, 0.4) is 0 Å². The van der Waals surface area contributed by atoms with Gasteiger partial charge in [0.25, 0.3) is 0 Å². The summed E-state index contributed by atoms with van der Waals surface area (Å²) >= 11 is 0. The van der Waals surface area contributed by atoms with E-state index in [9.17, 15) is 14.0 Å². The number of hydrogen-bond acceptors (Lipinski definition) is 4. The molecule has 3 atom stereocenters. The van der Waals surface area contributed by atoms with E-state index in [1.807, 2.05) is 35.4 Å². The molecule has 0 aromatic heterocycles. The molecule has 4 nitrogen and oxygen atoms in total. The lowest BCUT2D eigenvalue weighted by Crippen LogP contribution is -2.61. The van der Waals surface area contributed by atoms with Gasteiger partial charge in [-0.25, -0.2) is 4.39 Å². The summed E-state index contributed by atoms with van der Waals surface area (Å²) in [5.41, 5.74) is 2.75. The van der Waals surface area contributed by atoms with Gasteiger partial charge in [-0.2, -0.15) is 0 Å². The Hall–Kier alpha value is -3.21. The highest BCUT2D eigenvalue weighted by Gasteiger charge is 2.59. The number of allylic oxidation sites excluding steroid dienone is 1. The van der Waals surface area contributed by atoms with E-state index in [-0.39, 0.29) is 17.4 Å². The molecular weight excluding hydrogens is 379 g/mol. The number of carbonyl (C=O) groups is 2. The molecule has 3 aliphatic rings. The maximum Gasteiger partial charge on any atom is 0.179 e. The quantitative estimate of drug-likeness (QED) is 0.829. The Morgan fingerprint density at radius 3 is 2.53 bits per heavy atom. The van der Waals surface area contributed by atoms with Gasteiger partial charge in [-0.1, -0.05) is 43.7 Å². The van der Waals surface area contributed by atoms with Crippen molar-refractivity contribution >= 4 is 22.8 Å². The van der Waals surface area contributed by atoms with Crippen LogP contribution in [0.25, 0.3) is 5.57 Å². The van der Waals surface area contributed by atoms with E-state index in [2.05, 4.69) is 12.2 Å². The number of hydrogen-bond donors (Lipinski definition) is 1. The van der Waals surface area contributed by atoms with Gasteiger partial charge >= 0.3 is 0 Å². The van der Waals surface area contributed by atoms with Crippen LogP contribution in [-0.2, 0) is 15.1 Å². The smallest absolute Gasteiger partial charge is 0.179 e. The highest BCUT2D eigenvalue weighted by molar-refractivity contribution is 6.12. The molecule has 2 aromatic carbocycles. The molecule has 0 fully saturated rings. The van der Waals surface area contributed by atoms with E-state index >= 15 is 0 Å². The van der Waals surface area contributed by atoms with Crippen molar-refractivity contribution in [3.63, 3.8) is 0 Å². The Bertz CT molecular complexity index is 1090. The van der Waals surface area contributed by atoms with Gasteiger partial charge < -0.3 is 10.2 Å². The monoisotopic (exact) mass is 402 g/mol. The molecule has 2 aliphatic heterocycles. The van der Waals surface area contributed by atoms with Crippen LogP contribution < -0.4 is 5.32 Å². The SMILES string of the molecule is CCCCN1C=C2c3ccccc3NC2(c2ccc(F)cc2)[C@@H]2C(=O)C=CC(=O)[C@@H]21. The summed E-state index contributed by atoms with van der Waals surface area (Å²) in [6.45, 7) is 2.81. The molecule has 2 heterocycles. The Morgan fingerprint density at radius 2 is 1.77 bits per heavy atom. The van der Waals surface area contributed by atoms with Crippen molar-refractivity contribution < 1.29 is 14.0 Å². The molecule has 5 heteroatoms. The van der Waals surface area contributed by atoms with Crippen LogP contribution in [0, 0.1) is 11.7 Å². The van der Waals surface area contributed by atoms with Crippen molar-refractivity contribution in [1.29, 1.82) is 0 Å². The van der Waals surface area contributed by atoms with Gasteiger partial charge in [0.05, 0.1) is 5.92 Å². The second-order valence-electron chi connectivity index (χ2n) is 8.18. The number of halogens is 1.